The molecule has 0 saturated heterocycles. The third-order valence-corrected chi connectivity index (χ3v) is 18.6. The lowest BCUT2D eigenvalue weighted by Gasteiger charge is -2.25. The summed E-state index contributed by atoms with van der Waals surface area (Å²) in [6.07, 6.45) is 95.7. The van der Waals surface area contributed by atoms with Crippen LogP contribution in [0.25, 0.3) is 0 Å². The van der Waals surface area contributed by atoms with Gasteiger partial charge in [-0.15, -0.1) is 0 Å². The number of esters is 2. The van der Waals surface area contributed by atoms with E-state index in [2.05, 4.69) is 62.5 Å². The maximum Gasteiger partial charge on any atom is 0.361 e. The van der Waals surface area contributed by atoms with Gasteiger partial charge in [0, 0.05) is 12.8 Å². The van der Waals surface area contributed by atoms with Crippen LogP contribution in [0.15, 0.2) is 48.6 Å². The van der Waals surface area contributed by atoms with E-state index in [1.807, 2.05) is 21.1 Å². The molecule has 0 heterocycles. The number of nitrogens with zero attached hydrogens (tertiary/aromatic N) is 1. The number of likely N-dealkylation sites (N-methyl/N-ethyl adjacent to an activating group) is 1. The number of carboxylic acids is 1. The van der Waals surface area contributed by atoms with Crippen LogP contribution in [0.5, 0.6) is 0 Å². The molecule has 93 heavy (non-hydrogen) atoms. The van der Waals surface area contributed by atoms with Gasteiger partial charge in [0.25, 0.3) is 6.29 Å². The second-order valence-corrected chi connectivity index (χ2v) is 29.1. The second kappa shape index (κ2) is 75.0. The van der Waals surface area contributed by atoms with Crippen molar-refractivity contribution < 1.29 is 42.9 Å². The van der Waals surface area contributed by atoms with Gasteiger partial charge in [-0.05, 0) is 77.0 Å². The summed E-state index contributed by atoms with van der Waals surface area (Å²) in [6.45, 7) is 4.93. The highest BCUT2D eigenvalue weighted by atomic mass is 16.7. The number of hydrogen-bond donors (Lipinski definition) is 1. The molecule has 0 aliphatic rings. The molecule has 1 N–H and O–H groups in total. The molecule has 0 amide bonds. The summed E-state index contributed by atoms with van der Waals surface area (Å²) >= 11 is 0. The fourth-order valence-electron chi connectivity index (χ4n) is 12.3. The summed E-state index contributed by atoms with van der Waals surface area (Å²) < 4.78 is 23.1. The number of unbranched alkanes of at least 4 members (excludes halogenated alkanes) is 54. The molecule has 0 aromatic rings. The molecule has 0 radical (unpaired) electrons. The van der Waals surface area contributed by atoms with E-state index in [1.165, 1.54) is 334 Å². The van der Waals surface area contributed by atoms with Crippen LogP contribution in [-0.2, 0) is 33.3 Å². The van der Waals surface area contributed by atoms with Gasteiger partial charge in [-0.3, -0.25) is 9.59 Å². The monoisotopic (exact) mass is 1310 g/mol. The van der Waals surface area contributed by atoms with E-state index >= 15 is 0 Å². The number of carbonyl (C=O) groups is 3. The molecule has 0 aliphatic heterocycles. The smallest absolute Gasteiger partial charge is 0.361 e. The molecule has 9 nitrogen and oxygen atoms in total. The average Bonchev–Trinajstić information content (AvgIpc) is 3.38. The number of aliphatic carboxylic acids is 1. The quantitative estimate of drug-likeness (QED) is 0.0211. The Balaban J connectivity index is 3.93. The van der Waals surface area contributed by atoms with Gasteiger partial charge in [0.1, 0.15) is 13.2 Å². The molecule has 0 rings (SSSR count). The second-order valence-electron chi connectivity index (χ2n) is 29.1. The minimum Gasteiger partial charge on any atom is -0.477 e. The van der Waals surface area contributed by atoms with Crippen LogP contribution in [0, 0.1) is 0 Å². The third kappa shape index (κ3) is 76.5. The van der Waals surface area contributed by atoms with Crippen molar-refractivity contribution in [2.24, 2.45) is 0 Å². The number of allylic oxidation sites excluding steroid dienone is 8. The van der Waals surface area contributed by atoms with Gasteiger partial charge < -0.3 is 28.5 Å². The minimum atomic E-state index is -1.51. The van der Waals surface area contributed by atoms with E-state index in [9.17, 15) is 19.5 Å². The van der Waals surface area contributed by atoms with Crippen LogP contribution in [0.2, 0.25) is 0 Å². The molecule has 0 bridgehead atoms. The summed E-state index contributed by atoms with van der Waals surface area (Å²) in [6, 6.07) is 0. The lowest BCUT2D eigenvalue weighted by molar-refractivity contribution is -0.870. The Morgan fingerprint density at radius 1 is 0.323 bits per heavy atom. The van der Waals surface area contributed by atoms with Crippen LogP contribution < -0.4 is 0 Å². The van der Waals surface area contributed by atoms with E-state index < -0.39 is 18.4 Å². The SMILES string of the molecule is CCCCCCC/C=C\C/C=C\CCCCCCCCCCCCCCCCCCCCCCCCCCCCCCCC(=O)OC(COC(=O)CCCCCCCCCCCCCCCCC/C=C\C/C=C\CCCCCCC)COC(OCC[N+](C)(C)C)C(=O)O. The molecular weight excluding hydrogens is 1150 g/mol. The Labute approximate surface area is 578 Å². The Hall–Kier alpha value is -2.75. The van der Waals surface area contributed by atoms with Crippen molar-refractivity contribution in [1.82, 2.24) is 0 Å². The Morgan fingerprint density at radius 2 is 0.581 bits per heavy atom. The molecular formula is C84H158NO8+. The number of carbonyl (C=O) groups excluding carboxylic acids is 2. The zero-order valence-corrected chi connectivity index (χ0v) is 62.7. The Bertz CT molecular complexity index is 1670. The predicted molar refractivity (Wildman–Crippen MR) is 401 cm³/mol. The van der Waals surface area contributed by atoms with Crippen molar-refractivity contribution in [3.05, 3.63) is 48.6 Å². The van der Waals surface area contributed by atoms with E-state index in [4.69, 9.17) is 18.9 Å². The van der Waals surface area contributed by atoms with Crippen molar-refractivity contribution in [2.45, 2.75) is 424 Å². The standard InChI is InChI=1S/C84H157NO8/c1-6-8-10-12-14-16-18-20-22-24-26-28-30-32-34-35-36-37-38-39-40-41-42-43-44-45-46-47-49-51-53-55-57-59-61-63-65-67-69-71-73-75-82(87)93-80(79-92-84(83(88)89)90-77-76-85(3,4)5)78-91-81(86)74-72-70-68-66-64-62-60-58-56-54-52-50-48-33-31-29-27-25-23-21-19-17-15-13-11-9-7-2/h18-21,24-27,80,84H,6-17,22-23,28-79H2,1-5H3/p+1/b20-18-,21-19-,26-24-,27-25-. The van der Waals surface area contributed by atoms with Crippen LogP contribution in [0.3, 0.4) is 0 Å². The number of quaternary nitrogens is 1. The average molecular weight is 1310 g/mol. The van der Waals surface area contributed by atoms with Gasteiger partial charge >= 0.3 is 17.9 Å². The largest absolute Gasteiger partial charge is 0.477 e. The lowest BCUT2D eigenvalue weighted by Crippen LogP contribution is -2.40. The molecule has 0 aromatic heterocycles. The molecule has 0 saturated carbocycles. The van der Waals surface area contributed by atoms with E-state index in [0.717, 1.165) is 51.4 Å². The maximum atomic E-state index is 13.0. The molecule has 0 aromatic carbocycles. The van der Waals surface area contributed by atoms with E-state index in [-0.39, 0.29) is 38.2 Å². The lowest BCUT2D eigenvalue weighted by atomic mass is 10.0. The highest BCUT2D eigenvalue weighted by molar-refractivity contribution is 5.71. The predicted octanol–water partition coefficient (Wildman–Crippen LogP) is 26.0. The maximum absolute atomic E-state index is 13.0. The van der Waals surface area contributed by atoms with Gasteiger partial charge in [-0.1, -0.05) is 371 Å². The molecule has 546 valence electrons. The van der Waals surface area contributed by atoms with Gasteiger partial charge in [0.05, 0.1) is 34.4 Å². The number of ether oxygens (including phenoxy) is 4. The topological polar surface area (TPSA) is 108 Å². The molecule has 0 aliphatic carbocycles. The van der Waals surface area contributed by atoms with Crippen molar-refractivity contribution in [3.63, 3.8) is 0 Å². The molecule has 2 atom stereocenters. The third-order valence-electron chi connectivity index (χ3n) is 18.6. The molecule has 2 unspecified atom stereocenters. The van der Waals surface area contributed by atoms with Gasteiger partial charge in [-0.25, -0.2) is 4.79 Å². The fraction of sp³-hybridized carbons (Fsp3) is 0.869. The van der Waals surface area contributed by atoms with Gasteiger partial charge in [-0.2, -0.15) is 0 Å². The highest BCUT2D eigenvalue weighted by Crippen LogP contribution is 2.20. The van der Waals surface area contributed by atoms with E-state index in [1.54, 1.807) is 0 Å². The normalized spacial score (nSPS) is 12.8. The van der Waals surface area contributed by atoms with E-state index in [0.29, 0.717) is 17.4 Å². The highest BCUT2D eigenvalue weighted by Gasteiger charge is 2.25. The summed E-state index contributed by atoms with van der Waals surface area (Å²) in [4.78, 5) is 37.7. The summed E-state index contributed by atoms with van der Waals surface area (Å²) in [7, 11) is 6.00. The number of rotatable bonds is 77. The van der Waals surface area contributed by atoms with Crippen LogP contribution >= 0.6 is 0 Å². The molecule has 0 fully saturated rings. The zero-order chi connectivity index (χ0) is 67.5. The first-order valence-electron chi connectivity index (χ1n) is 40.8. The van der Waals surface area contributed by atoms with Crippen LogP contribution in [-0.4, -0.2) is 87.4 Å². The minimum absolute atomic E-state index is 0.177. The van der Waals surface area contributed by atoms with Crippen LogP contribution in [0.1, 0.15) is 412 Å². The first kappa shape index (κ1) is 90.2. The molecule has 0 spiro atoms. The summed E-state index contributed by atoms with van der Waals surface area (Å²) in [5.74, 6) is -1.97. The van der Waals surface area contributed by atoms with Gasteiger partial charge in [0.15, 0.2) is 6.10 Å². The van der Waals surface area contributed by atoms with Crippen molar-refractivity contribution in [2.75, 3.05) is 47.5 Å². The summed E-state index contributed by atoms with van der Waals surface area (Å²) in [5, 5.41) is 9.77. The fourth-order valence-corrected chi connectivity index (χ4v) is 12.3. The van der Waals surface area contributed by atoms with Gasteiger partial charge in [0.2, 0.25) is 0 Å². The van der Waals surface area contributed by atoms with Crippen molar-refractivity contribution in [3.8, 4) is 0 Å². The number of hydrogen-bond acceptors (Lipinski definition) is 7. The Kier molecular flexibility index (Phi) is 72.8. The number of carboxylic acid groups (broad SMARTS) is 1. The first-order valence-corrected chi connectivity index (χ1v) is 40.8. The zero-order valence-electron chi connectivity index (χ0n) is 62.7. The first-order chi connectivity index (χ1) is 45.6. The van der Waals surface area contributed by atoms with Crippen LogP contribution in [0.4, 0.5) is 0 Å². The summed E-state index contributed by atoms with van der Waals surface area (Å²) in [5.41, 5.74) is 0. The molecule has 9 heteroatoms. The van der Waals surface area contributed by atoms with Crippen molar-refractivity contribution >= 4 is 17.9 Å². The van der Waals surface area contributed by atoms with Crippen molar-refractivity contribution in [1.29, 1.82) is 0 Å². The Morgan fingerprint density at radius 3 is 0.849 bits per heavy atom.